The number of primary sulfonamides is 1. The summed E-state index contributed by atoms with van der Waals surface area (Å²) < 4.78 is 27.9. The average molecular weight is 365 g/mol. The number of carbonyl (C=O) groups is 1. The third-order valence-corrected chi connectivity index (χ3v) is 4.35. The number of nitrogens with one attached hydrogen (secondary N) is 1. The quantitative estimate of drug-likeness (QED) is 0.611. The zero-order chi connectivity index (χ0) is 18.8. The third kappa shape index (κ3) is 4.11. The van der Waals surface area contributed by atoms with E-state index in [0.717, 1.165) is 0 Å². The van der Waals surface area contributed by atoms with Crippen molar-refractivity contribution >= 4 is 27.3 Å². The molecule has 0 saturated heterocycles. The number of nitro benzene ring substituents is 1. The van der Waals surface area contributed by atoms with E-state index in [2.05, 4.69) is 5.32 Å². The van der Waals surface area contributed by atoms with E-state index < -0.39 is 20.9 Å². The van der Waals surface area contributed by atoms with Gasteiger partial charge in [-0.05, 0) is 25.1 Å². The van der Waals surface area contributed by atoms with Gasteiger partial charge < -0.3 is 10.1 Å². The number of rotatable bonds is 5. The van der Waals surface area contributed by atoms with Gasteiger partial charge in [-0.15, -0.1) is 0 Å². The van der Waals surface area contributed by atoms with Gasteiger partial charge in [0.1, 0.15) is 10.6 Å². The Morgan fingerprint density at radius 3 is 2.48 bits per heavy atom. The molecular weight excluding hydrogens is 350 g/mol. The van der Waals surface area contributed by atoms with Crippen molar-refractivity contribution in [2.75, 3.05) is 12.4 Å². The van der Waals surface area contributed by atoms with Crippen LogP contribution in [0, 0.1) is 17.0 Å². The Hall–Kier alpha value is -2.98. The minimum Gasteiger partial charge on any atom is -0.495 e. The van der Waals surface area contributed by atoms with Crippen LogP contribution in [0.4, 0.5) is 11.4 Å². The molecule has 2 aromatic carbocycles. The highest BCUT2D eigenvalue weighted by Crippen LogP contribution is 2.27. The lowest BCUT2D eigenvalue weighted by Crippen LogP contribution is -2.15. The summed E-state index contributed by atoms with van der Waals surface area (Å²) in [5.74, 6) is -0.622. The van der Waals surface area contributed by atoms with Crippen LogP contribution in [-0.2, 0) is 10.0 Å². The average Bonchev–Trinajstić information content (AvgIpc) is 2.53. The molecule has 0 radical (unpaired) electrons. The smallest absolute Gasteiger partial charge is 0.273 e. The minimum absolute atomic E-state index is 0.0322. The molecule has 0 fully saturated rings. The Kier molecular flexibility index (Phi) is 5.04. The summed E-state index contributed by atoms with van der Waals surface area (Å²) in [6, 6.07) is 7.91. The van der Waals surface area contributed by atoms with E-state index in [0.29, 0.717) is 5.56 Å². The summed E-state index contributed by atoms with van der Waals surface area (Å²) in [4.78, 5) is 22.4. The standard InChI is InChI=1S/C15H15N3O6S/c1-9-3-4-10(7-12(9)18(20)21)15(19)17-11-5-6-14(25(16,22)23)13(8-11)24-2/h3-8H,1-2H3,(H,17,19)(H2,16,22,23). The summed E-state index contributed by atoms with van der Waals surface area (Å²) in [6.07, 6.45) is 0. The number of aryl methyl sites for hydroxylation is 1. The molecule has 25 heavy (non-hydrogen) atoms. The van der Waals surface area contributed by atoms with Crippen molar-refractivity contribution in [2.24, 2.45) is 5.14 Å². The number of benzene rings is 2. The van der Waals surface area contributed by atoms with Gasteiger partial charge in [0.25, 0.3) is 11.6 Å². The molecule has 0 aliphatic carbocycles. The normalized spacial score (nSPS) is 11.0. The maximum absolute atomic E-state index is 12.3. The zero-order valence-corrected chi connectivity index (χ0v) is 14.2. The summed E-state index contributed by atoms with van der Waals surface area (Å²) in [6.45, 7) is 1.57. The first-order chi connectivity index (χ1) is 11.6. The molecule has 0 aliphatic heterocycles. The number of sulfonamides is 1. The van der Waals surface area contributed by atoms with Crippen LogP contribution in [0.1, 0.15) is 15.9 Å². The number of nitrogens with two attached hydrogens (primary N) is 1. The van der Waals surface area contributed by atoms with Crippen LogP contribution in [0.25, 0.3) is 0 Å². The minimum atomic E-state index is -3.98. The Balaban J connectivity index is 2.32. The van der Waals surface area contributed by atoms with Crippen LogP contribution in [0.3, 0.4) is 0 Å². The number of amides is 1. The van der Waals surface area contributed by atoms with Gasteiger partial charge in [0.05, 0.1) is 12.0 Å². The molecular formula is C15H15N3O6S. The van der Waals surface area contributed by atoms with Gasteiger partial charge >= 0.3 is 0 Å². The van der Waals surface area contributed by atoms with Crippen molar-refractivity contribution in [2.45, 2.75) is 11.8 Å². The van der Waals surface area contributed by atoms with E-state index in [1.165, 1.54) is 43.5 Å². The van der Waals surface area contributed by atoms with Gasteiger partial charge in [-0.25, -0.2) is 13.6 Å². The summed E-state index contributed by atoms with van der Waals surface area (Å²) in [5, 5.41) is 18.6. The van der Waals surface area contributed by atoms with Crippen molar-refractivity contribution in [3.05, 3.63) is 57.6 Å². The number of carbonyl (C=O) groups excluding carboxylic acids is 1. The summed E-state index contributed by atoms with van der Waals surface area (Å²) in [5.41, 5.74) is 0.597. The van der Waals surface area contributed by atoms with Crippen molar-refractivity contribution in [1.82, 2.24) is 0 Å². The lowest BCUT2D eigenvalue weighted by Gasteiger charge is -2.10. The SMILES string of the molecule is COc1cc(NC(=O)c2ccc(C)c([N+](=O)[O-])c2)ccc1S(N)(=O)=O. The van der Waals surface area contributed by atoms with Gasteiger partial charge in [-0.2, -0.15) is 0 Å². The van der Waals surface area contributed by atoms with E-state index >= 15 is 0 Å². The first kappa shape index (κ1) is 18.4. The van der Waals surface area contributed by atoms with E-state index in [1.807, 2.05) is 0 Å². The fraction of sp³-hybridized carbons (Fsp3) is 0.133. The van der Waals surface area contributed by atoms with E-state index in [4.69, 9.17) is 9.88 Å². The van der Waals surface area contributed by atoms with Crippen molar-refractivity contribution in [3.8, 4) is 5.75 Å². The van der Waals surface area contributed by atoms with E-state index in [1.54, 1.807) is 6.92 Å². The van der Waals surface area contributed by atoms with Gasteiger partial charge in [-0.1, -0.05) is 6.07 Å². The van der Waals surface area contributed by atoms with Crippen LogP contribution in [0.5, 0.6) is 5.75 Å². The second-order valence-corrected chi connectivity index (χ2v) is 6.65. The fourth-order valence-electron chi connectivity index (χ4n) is 2.13. The van der Waals surface area contributed by atoms with E-state index in [-0.39, 0.29) is 27.6 Å². The maximum Gasteiger partial charge on any atom is 0.273 e. The first-order valence-corrected chi connectivity index (χ1v) is 8.45. The number of hydrogen-bond donors (Lipinski definition) is 2. The molecule has 0 aliphatic rings. The van der Waals surface area contributed by atoms with Gasteiger partial charge in [0.15, 0.2) is 0 Å². The highest BCUT2D eigenvalue weighted by Gasteiger charge is 2.18. The lowest BCUT2D eigenvalue weighted by atomic mass is 10.1. The highest BCUT2D eigenvalue weighted by atomic mass is 32.2. The Morgan fingerprint density at radius 1 is 1.24 bits per heavy atom. The lowest BCUT2D eigenvalue weighted by molar-refractivity contribution is -0.385. The topological polar surface area (TPSA) is 142 Å². The highest BCUT2D eigenvalue weighted by molar-refractivity contribution is 7.89. The van der Waals surface area contributed by atoms with Crippen LogP contribution in [-0.4, -0.2) is 26.4 Å². The van der Waals surface area contributed by atoms with Crippen molar-refractivity contribution in [3.63, 3.8) is 0 Å². The van der Waals surface area contributed by atoms with Gasteiger partial charge in [0.2, 0.25) is 10.0 Å². The number of hydrogen-bond acceptors (Lipinski definition) is 6. The predicted molar refractivity (Wildman–Crippen MR) is 90.2 cm³/mol. The van der Waals surface area contributed by atoms with Gasteiger partial charge in [0, 0.05) is 28.9 Å². The van der Waals surface area contributed by atoms with Crippen LogP contribution in [0.15, 0.2) is 41.3 Å². The van der Waals surface area contributed by atoms with E-state index in [9.17, 15) is 23.3 Å². The third-order valence-electron chi connectivity index (χ3n) is 3.40. The molecule has 0 atom stereocenters. The molecule has 0 heterocycles. The Labute approximate surface area is 143 Å². The number of ether oxygens (including phenoxy) is 1. The van der Waals surface area contributed by atoms with Crippen LogP contribution >= 0.6 is 0 Å². The number of nitrogens with zero attached hydrogens (tertiary/aromatic N) is 1. The molecule has 0 aromatic heterocycles. The molecule has 9 nitrogen and oxygen atoms in total. The van der Waals surface area contributed by atoms with Crippen LogP contribution < -0.4 is 15.2 Å². The summed E-state index contributed by atoms with van der Waals surface area (Å²) >= 11 is 0. The van der Waals surface area contributed by atoms with Crippen LogP contribution in [0.2, 0.25) is 0 Å². The Bertz CT molecular complexity index is 956. The monoisotopic (exact) mass is 365 g/mol. The molecule has 2 rings (SSSR count). The predicted octanol–water partition coefficient (Wildman–Crippen LogP) is 1.81. The number of methoxy groups -OCH3 is 1. The largest absolute Gasteiger partial charge is 0.495 e. The molecule has 3 N–H and O–H groups in total. The molecule has 10 heteroatoms. The molecule has 1 amide bonds. The molecule has 132 valence electrons. The fourth-order valence-corrected chi connectivity index (χ4v) is 2.81. The number of nitro groups is 1. The second-order valence-electron chi connectivity index (χ2n) is 5.12. The first-order valence-electron chi connectivity index (χ1n) is 6.90. The molecule has 0 spiro atoms. The van der Waals surface area contributed by atoms with Gasteiger partial charge in [-0.3, -0.25) is 14.9 Å². The Morgan fingerprint density at radius 2 is 1.92 bits per heavy atom. The molecule has 0 bridgehead atoms. The number of anilines is 1. The molecule has 0 saturated carbocycles. The summed E-state index contributed by atoms with van der Waals surface area (Å²) in [7, 11) is -2.71. The van der Waals surface area contributed by atoms with Crippen molar-refractivity contribution < 1.29 is 22.9 Å². The zero-order valence-electron chi connectivity index (χ0n) is 13.3. The molecule has 2 aromatic rings. The maximum atomic E-state index is 12.3. The second kappa shape index (κ2) is 6.87. The van der Waals surface area contributed by atoms with Crippen molar-refractivity contribution in [1.29, 1.82) is 0 Å². The molecule has 0 unspecified atom stereocenters.